The standard InChI is InChI=1S/C11H18N2O3S/c1-9-8-17(14,15)6-4-13(9)10(7-12)11-3-2-5-16-11/h2-3,5,9-10H,4,6-8,12H2,1H3. The van der Waals surface area contributed by atoms with E-state index in [1.54, 1.807) is 6.26 Å². The van der Waals surface area contributed by atoms with Gasteiger partial charge in [0.05, 0.1) is 23.8 Å². The summed E-state index contributed by atoms with van der Waals surface area (Å²) >= 11 is 0. The van der Waals surface area contributed by atoms with Gasteiger partial charge in [0.1, 0.15) is 5.76 Å². The SMILES string of the molecule is CC1CS(=O)(=O)CCN1C(CN)c1ccco1. The lowest BCUT2D eigenvalue weighted by molar-refractivity contribution is 0.144. The molecule has 2 unspecified atom stereocenters. The molecule has 0 aliphatic carbocycles. The molecule has 2 N–H and O–H groups in total. The van der Waals surface area contributed by atoms with Crippen LogP contribution in [0, 0.1) is 0 Å². The van der Waals surface area contributed by atoms with Gasteiger partial charge in [0.15, 0.2) is 9.84 Å². The normalized spacial score (nSPS) is 26.8. The number of nitrogens with zero attached hydrogens (tertiary/aromatic N) is 1. The lowest BCUT2D eigenvalue weighted by Gasteiger charge is -2.37. The molecule has 0 spiro atoms. The van der Waals surface area contributed by atoms with Gasteiger partial charge in [-0.15, -0.1) is 0 Å². The molecule has 1 aliphatic rings. The second-order valence-electron chi connectivity index (χ2n) is 4.47. The van der Waals surface area contributed by atoms with Crippen LogP contribution >= 0.6 is 0 Å². The van der Waals surface area contributed by atoms with Gasteiger partial charge in [-0.2, -0.15) is 0 Å². The summed E-state index contributed by atoms with van der Waals surface area (Å²) in [5.74, 6) is 1.21. The second-order valence-corrected chi connectivity index (χ2v) is 6.70. The summed E-state index contributed by atoms with van der Waals surface area (Å²) in [5, 5.41) is 0. The average molecular weight is 258 g/mol. The fourth-order valence-electron chi connectivity index (χ4n) is 2.37. The Balaban J connectivity index is 2.16. The molecule has 0 aromatic carbocycles. The molecule has 1 fully saturated rings. The Hall–Kier alpha value is -0.850. The fourth-order valence-corrected chi connectivity index (χ4v) is 3.95. The summed E-state index contributed by atoms with van der Waals surface area (Å²) in [6.45, 7) is 2.87. The van der Waals surface area contributed by atoms with E-state index in [9.17, 15) is 8.42 Å². The molecule has 1 aromatic rings. The van der Waals surface area contributed by atoms with E-state index in [1.165, 1.54) is 0 Å². The number of rotatable bonds is 3. The monoisotopic (exact) mass is 258 g/mol. The van der Waals surface area contributed by atoms with Crippen LogP contribution in [0.1, 0.15) is 18.7 Å². The quantitative estimate of drug-likeness (QED) is 0.849. The summed E-state index contributed by atoms with van der Waals surface area (Å²) in [5.41, 5.74) is 5.77. The number of furan rings is 1. The van der Waals surface area contributed by atoms with Crippen molar-refractivity contribution < 1.29 is 12.8 Å². The minimum Gasteiger partial charge on any atom is -0.468 e. The summed E-state index contributed by atoms with van der Waals surface area (Å²) < 4.78 is 28.4. The van der Waals surface area contributed by atoms with Crippen LogP contribution in [-0.4, -0.2) is 44.0 Å². The molecule has 1 saturated heterocycles. The van der Waals surface area contributed by atoms with Gasteiger partial charge in [-0.25, -0.2) is 8.42 Å². The maximum atomic E-state index is 11.5. The van der Waals surface area contributed by atoms with Crippen LogP contribution in [0.2, 0.25) is 0 Å². The first kappa shape index (κ1) is 12.6. The van der Waals surface area contributed by atoms with Crippen molar-refractivity contribution in [2.75, 3.05) is 24.6 Å². The molecule has 0 amide bonds. The van der Waals surface area contributed by atoms with Gasteiger partial charge in [-0.05, 0) is 19.1 Å². The topological polar surface area (TPSA) is 76.5 Å². The summed E-state index contributed by atoms with van der Waals surface area (Å²) in [7, 11) is -2.89. The van der Waals surface area contributed by atoms with Crippen molar-refractivity contribution in [3.05, 3.63) is 24.2 Å². The van der Waals surface area contributed by atoms with Crippen LogP contribution in [0.5, 0.6) is 0 Å². The average Bonchev–Trinajstić information content (AvgIpc) is 2.74. The van der Waals surface area contributed by atoms with Crippen molar-refractivity contribution in [2.45, 2.75) is 19.0 Å². The lowest BCUT2D eigenvalue weighted by atomic mass is 10.1. The zero-order valence-electron chi connectivity index (χ0n) is 9.87. The third kappa shape index (κ3) is 2.70. The van der Waals surface area contributed by atoms with Crippen molar-refractivity contribution in [3.63, 3.8) is 0 Å². The van der Waals surface area contributed by atoms with E-state index in [1.807, 2.05) is 19.1 Å². The maximum Gasteiger partial charge on any atom is 0.153 e. The predicted octanol–water partition coefficient (Wildman–Crippen LogP) is 0.398. The summed E-state index contributed by atoms with van der Waals surface area (Å²) in [6, 6.07) is 3.65. The minimum absolute atomic E-state index is 0.0209. The second kappa shape index (κ2) is 4.80. The molecule has 0 saturated carbocycles. The molecule has 5 nitrogen and oxygen atoms in total. The van der Waals surface area contributed by atoms with Crippen molar-refractivity contribution in [1.29, 1.82) is 0 Å². The van der Waals surface area contributed by atoms with E-state index in [0.717, 1.165) is 5.76 Å². The molecule has 2 heterocycles. The zero-order valence-corrected chi connectivity index (χ0v) is 10.7. The van der Waals surface area contributed by atoms with E-state index in [4.69, 9.17) is 10.2 Å². The Morgan fingerprint density at radius 1 is 1.65 bits per heavy atom. The highest BCUT2D eigenvalue weighted by Gasteiger charge is 2.33. The van der Waals surface area contributed by atoms with Gasteiger partial charge in [0.25, 0.3) is 0 Å². The van der Waals surface area contributed by atoms with E-state index in [2.05, 4.69) is 4.90 Å². The van der Waals surface area contributed by atoms with E-state index >= 15 is 0 Å². The molecular weight excluding hydrogens is 240 g/mol. The zero-order chi connectivity index (χ0) is 12.5. The molecule has 0 radical (unpaired) electrons. The van der Waals surface area contributed by atoms with Crippen LogP contribution in [0.15, 0.2) is 22.8 Å². The molecule has 1 aromatic heterocycles. The lowest BCUT2D eigenvalue weighted by Crippen LogP contribution is -2.49. The molecular formula is C11H18N2O3S. The van der Waals surface area contributed by atoms with Gasteiger partial charge < -0.3 is 10.2 Å². The Labute approximate surface area is 101 Å². The number of sulfone groups is 1. The maximum absolute atomic E-state index is 11.5. The van der Waals surface area contributed by atoms with E-state index in [-0.39, 0.29) is 23.6 Å². The molecule has 1 aliphatic heterocycles. The highest BCUT2D eigenvalue weighted by atomic mass is 32.2. The molecule has 0 bridgehead atoms. The first-order valence-electron chi connectivity index (χ1n) is 5.73. The molecule has 6 heteroatoms. The summed E-state index contributed by atoms with van der Waals surface area (Å²) in [6.07, 6.45) is 1.61. The molecule has 2 rings (SSSR count). The van der Waals surface area contributed by atoms with E-state index < -0.39 is 9.84 Å². The van der Waals surface area contributed by atoms with Crippen LogP contribution in [-0.2, 0) is 9.84 Å². The van der Waals surface area contributed by atoms with Gasteiger partial charge in [0.2, 0.25) is 0 Å². The largest absolute Gasteiger partial charge is 0.468 e. The number of hydrogen-bond acceptors (Lipinski definition) is 5. The Morgan fingerprint density at radius 2 is 2.41 bits per heavy atom. The Kier molecular flexibility index (Phi) is 3.56. The summed E-state index contributed by atoms with van der Waals surface area (Å²) in [4.78, 5) is 2.11. The highest BCUT2D eigenvalue weighted by molar-refractivity contribution is 7.91. The number of hydrogen-bond donors (Lipinski definition) is 1. The molecule has 2 atom stereocenters. The van der Waals surface area contributed by atoms with Crippen molar-refractivity contribution in [1.82, 2.24) is 4.90 Å². The van der Waals surface area contributed by atoms with Crippen LogP contribution in [0.4, 0.5) is 0 Å². The Morgan fingerprint density at radius 3 is 2.94 bits per heavy atom. The third-order valence-electron chi connectivity index (χ3n) is 3.22. The number of nitrogens with two attached hydrogens (primary N) is 1. The first-order chi connectivity index (χ1) is 8.03. The van der Waals surface area contributed by atoms with Gasteiger partial charge in [-0.3, -0.25) is 4.90 Å². The Bertz CT molecular complexity index is 455. The van der Waals surface area contributed by atoms with Crippen molar-refractivity contribution in [3.8, 4) is 0 Å². The van der Waals surface area contributed by atoms with Gasteiger partial charge in [0, 0.05) is 19.1 Å². The third-order valence-corrected chi connectivity index (χ3v) is 5.01. The van der Waals surface area contributed by atoms with Crippen molar-refractivity contribution >= 4 is 9.84 Å². The fraction of sp³-hybridized carbons (Fsp3) is 0.636. The van der Waals surface area contributed by atoms with Crippen LogP contribution in [0.3, 0.4) is 0 Å². The van der Waals surface area contributed by atoms with E-state index in [0.29, 0.717) is 13.1 Å². The molecule has 96 valence electrons. The van der Waals surface area contributed by atoms with Gasteiger partial charge in [-0.1, -0.05) is 0 Å². The van der Waals surface area contributed by atoms with Crippen molar-refractivity contribution in [2.24, 2.45) is 5.73 Å². The highest BCUT2D eigenvalue weighted by Crippen LogP contribution is 2.25. The minimum atomic E-state index is -2.89. The molecule has 17 heavy (non-hydrogen) atoms. The smallest absolute Gasteiger partial charge is 0.153 e. The van der Waals surface area contributed by atoms with Crippen LogP contribution < -0.4 is 5.73 Å². The van der Waals surface area contributed by atoms with Gasteiger partial charge >= 0.3 is 0 Å². The first-order valence-corrected chi connectivity index (χ1v) is 7.55. The predicted molar refractivity (Wildman–Crippen MR) is 65.3 cm³/mol. The van der Waals surface area contributed by atoms with Crippen LogP contribution in [0.25, 0.3) is 0 Å².